The SMILES string of the molecule is CC1=C(F)C=C(NC2CCC(=O)CNC2=O)CC1. The number of hydrogen-bond acceptors (Lipinski definition) is 3. The number of rotatable bonds is 2. The highest BCUT2D eigenvalue weighted by atomic mass is 19.1. The fourth-order valence-corrected chi connectivity index (χ4v) is 2.10. The lowest BCUT2D eigenvalue weighted by Crippen LogP contribution is -2.42. The molecule has 1 aliphatic carbocycles. The molecule has 2 rings (SSSR count). The zero-order chi connectivity index (χ0) is 13.1. The van der Waals surface area contributed by atoms with Gasteiger partial charge in [-0.1, -0.05) is 0 Å². The Balaban J connectivity index is 2.03. The second-order valence-electron chi connectivity index (χ2n) is 4.79. The number of carbonyl (C=O) groups excluding carboxylic acids is 2. The number of nitrogens with one attached hydrogen (secondary N) is 2. The molecule has 0 aromatic rings. The van der Waals surface area contributed by atoms with Crippen LogP contribution in [0.15, 0.2) is 23.2 Å². The van der Waals surface area contributed by atoms with Gasteiger partial charge in [0.2, 0.25) is 5.91 Å². The average Bonchev–Trinajstić information content (AvgIpc) is 2.49. The largest absolute Gasteiger partial charge is 0.377 e. The molecule has 18 heavy (non-hydrogen) atoms. The molecule has 1 atom stereocenters. The summed E-state index contributed by atoms with van der Waals surface area (Å²) < 4.78 is 13.4. The van der Waals surface area contributed by atoms with E-state index in [0.717, 1.165) is 11.3 Å². The standard InChI is InChI=1S/C13H17FN2O2/c1-8-2-3-9(6-11(8)14)16-12-5-4-10(17)7-15-13(12)18/h6,12,16H,2-5,7H2,1H3,(H,15,18). The van der Waals surface area contributed by atoms with Crippen molar-refractivity contribution >= 4 is 11.7 Å². The average molecular weight is 252 g/mol. The van der Waals surface area contributed by atoms with Crippen molar-refractivity contribution in [2.45, 2.75) is 38.6 Å². The van der Waals surface area contributed by atoms with Crippen LogP contribution in [0.2, 0.25) is 0 Å². The highest BCUT2D eigenvalue weighted by molar-refractivity contribution is 5.91. The molecule has 0 bridgehead atoms. The fraction of sp³-hybridized carbons (Fsp3) is 0.538. The van der Waals surface area contributed by atoms with Gasteiger partial charge in [0.1, 0.15) is 11.9 Å². The number of amides is 1. The normalized spacial score (nSPS) is 25.4. The Hall–Kier alpha value is -1.65. The Morgan fingerprint density at radius 1 is 1.33 bits per heavy atom. The van der Waals surface area contributed by atoms with Crippen LogP contribution >= 0.6 is 0 Å². The minimum Gasteiger partial charge on any atom is -0.377 e. The van der Waals surface area contributed by atoms with Crippen molar-refractivity contribution in [2.75, 3.05) is 6.54 Å². The van der Waals surface area contributed by atoms with Crippen LogP contribution in [0.5, 0.6) is 0 Å². The van der Waals surface area contributed by atoms with E-state index >= 15 is 0 Å². The summed E-state index contributed by atoms with van der Waals surface area (Å²) in [5.41, 5.74) is 1.47. The quantitative estimate of drug-likeness (QED) is 0.780. The third kappa shape index (κ3) is 2.97. The Labute approximate surface area is 105 Å². The van der Waals surface area contributed by atoms with Gasteiger partial charge in [0.25, 0.3) is 0 Å². The maximum atomic E-state index is 13.4. The summed E-state index contributed by atoms with van der Waals surface area (Å²) in [7, 11) is 0. The van der Waals surface area contributed by atoms with Crippen LogP contribution in [0, 0.1) is 0 Å². The highest BCUT2D eigenvalue weighted by Crippen LogP contribution is 2.23. The molecule has 0 spiro atoms. The Bertz CT molecular complexity index is 440. The zero-order valence-electron chi connectivity index (χ0n) is 10.4. The van der Waals surface area contributed by atoms with E-state index in [1.54, 1.807) is 6.92 Å². The molecule has 4 nitrogen and oxygen atoms in total. The monoisotopic (exact) mass is 252 g/mol. The van der Waals surface area contributed by atoms with E-state index < -0.39 is 6.04 Å². The van der Waals surface area contributed by atoms with E-state index in [-0.39, 0.29) is 24.1 Å². The van der Waals surface area contributed by atoms with Gasteiger partial charge in [0.05, 0.1) is 6.54 Å². The number of hydrogen-bond donors (Lipinski definition) is 2. The number of halogens is 1. The van der Waals surface area contributed by atoms with E-state index in [1.807, 2.05) is 0 Å². The summed E-state index contributed by atoms with van der Waals surface area (Å²) in [5, 5.41) is 5.61. The summed E-state index contributed by atoms with van der Waals surface area (Å²) in [4.78, 5) is 23.0. The third-order valence-electron chi connectivity index (χ3n) is 3.33. The Morgan fingerprint density at radius 3 is 2.83 bits per heavy atom. The molecule has 1 unspecified atom stereocenters. The van der Waals surface area contributed by atoms with Crippen LogP contribution in [0.3, 0.4) is 0 Å². The molecule has 1 amide bonds. The van der Waals surface area contributed by atoms with Gasteiger partial charge in [-0.05, 0) is 37.8 Å². The smallest absolute Gasteiger partial charge is 0.242 e. The highest BCUT2D eigenvalue weighted by Gasteiger charge is 2.24. The molecule has 1 fully saturated rings. The van der Waals surface area contributed by atoms with Crippen molar-refractivity contribution in [3.8, 4) is 0 Å². The molecule has 0 aromatic carbocycles. The molecular formula is C13H17FN2O2. The molecule has 2 N–H and O–H groups in total. The van der Waals surface area contributed by atoms with Crippen LogP contribution in [0.25, 0.3) is 0 Å². The molecular weight excluding hydrogens is 235 g/mol. The van der Waals surface area contributed by atoms with Crippen LogP contribution in [-0.2, 0) is 9.59 Å². The molecule has 1 aliphatic heterocycles. The first kappa shape index (κ1) is 12.8. The van der Waals surface area contributed by atoms with E-state index in [0.29, 0.717) is 25.7 Å². The van der Waals surface area contributed by atoms with Crippen molar-refractivity contribution in [1.29, 1.82) is 0 Å². The van der Waals surface area contributed by atoms with Crippen molar-refractivity contribution in [2.24, 2.45) is 0 Å². The summed E-state index contributed by atoms with van der Waals surface area (Å²) >= 11 is 0. The molecule has 0 aromatic heterocycles. The number of allylic oxidation sites excluding steroid dienone is 4. The van der Waals surface area contributed by atoms with Gasteiger partial charge in [-0.3, -0.25) is 9.59 Å². The van der Waals surface area contributed by atoms with Crippen molar-refractivity contribution < 1.29 is 14.0 Å². The van der Waals surface area contributed by atoms with E-state index in [9.17, 15) is 14.0 Å². The summed E-state index contributed by atoms with van der Waals surface area (Å²) in [6.45, 7) is 1.86. The molecule has 0 saturated carbocycles. The van der Waals surface area contributed by atoms with Gasteiger partial charge in [0.15, 0.2) is 5.78 Å². The summed E-state index contributed by atoms with van der Waals surface area (Å²) in [5.74, 6) is -0.380. The van der Waals surface area contributed by atoms with Gasteiger partial charge < -0.3 is 10.6 Å². The van der Waals surface area contributed by atoms with Crippen molar-refractivity contribution in [3.63, 3.8) is 0 Å². The van der Waals surface area contributed by atoms with Crippen LogP contribution in [0.4, 0.5) is 4.39 Å². The first-order valence-corrected chi connectivity index (χ1v) is 6.18. The van der Waals surface area contributed by atoms with Gasteiger partial charge in [-0.25, -0.2) is 4.39 Å². The second kappa shape index (κ2) is 5.33. The van der Waals surface area contributed by atoms with Crippen LogP contribution in [0.1, 0.15) is 32.6 Å². The van der Waals surface area contributed by atoms with Gasteiger partial charge in [-0.15, -0.1) is 0 Å². The summed E-state index contributed by atoms with van der Waals surface area (Å²) in [6, 6.07) is -0.436. The zero-order valence-corrected chi connectivity index (χ0v) is 10.4. The second-order valence-corrected chi connectivity index (χ2v) is 4.79. The molecule has 98 valence electrons. The third-order valence-corrected chi connectivity index (χ3v) is 3.33. The van der Waals surface area contributed by atoms with Gasteiger partial charge >= 0.3 is 0 Å². The van der Waals surface area contributed by atoms with Crippen molar-refractivity contribution in [3.05, 3.63) is 23.2 Å². The maximum absolute atomic E-state index is 13.4. The first-order valence-electron chi connectivity index (χ1n) is 6.18. The van der Waals surface area contributed by atoms with Crippen molar-refractivity contribution in [1.82, 2.24) is 10.6 Å². The van der Waals surface area contributed by atoms with Crippen LogP contribution < -0.4 is 10.6 Å². The molecule has 5 heteroatoms. The minimum atomic E-state index is -0.436. The lowest BCUT2D eigenvalue weighted by Gasteiger charge is -2.21. The molecule has 1 heterocycles. The topological polar surface area (TPSA) is 58.2 Å². The number of Topliss-reactive ketones (excluding diaryl/α,β-unsaturated/α-hetero) is 1. The molecule has 1 saturated heterocycles. The lowest BCUT2D eigenvalue weighted by atomic mass is 10.0. The fourth-order valence-electron chi connectivity index (χ4n) is 2.10. The van der Waals surface area contributed by atoms with E-state index in [2.05, 4.69) is 10.6 Å². The Kier molecular flexibility index (Phi) is 3.79. The minimum absolute atomic E-state index is 0.0344. The van der Waals surface area contributed by atoms with E-state index in [1.165, 1.54) is 6.08 Å². The predicted octanol–water partition coefficient (Wildman–Crippen LogP) is 1.34. The molecule has 0 radical (unpaired) electrons. The van der Waals surface area contributed by atoms with E-state index in [4.69, 9.17) is 0 Å². The number of ketones is 1. The summed E-state index contributed by atoms with van der Waals surface area (Å²) in [6.07, 6.45) is 3.65. The van der Waals surface area contributed by atoms with Gasteiger partial charge in [0, 0.05) is 12.1 Å². The first-order chi connectivity index (χ1) is 8.56. The Morgan fingerprint density at radius 2 is 2.11 bits per heavy atom. The number of carbonyl (C=O) groups is 2. The van der Waals surface area contributed by atoms with Gasteiger partial charge in [-0.2, -0.15) is 0 Å². The predicted molar refractivity (Wildman–Crippen MR) is 65.3 cm³/mol. The van der Waals surface area contributed by atoms with Crippen LogP contribution in [-0.4, -0.2) is 24.3 Å². The lowest BCUT2D eigenvalue weighted by molar-refractivity contribution is -0.124. The maximum Gasteiger partial charge on any atom is 0.242 e. The molecule has 2 aliphatic rings.